The van der Waals surface area contributed by atoms with E-state index < -0.39 is 0 Å². The van der Waals surface area contributed by atoms with Gasteiger partial charge in [-0.15, -0.1) is 0 Å². The number of carbonyl (C=O) groups excluding carboxylic acids is 1. The van der Waals surface area contributed by atoms with E-state index in [0.29, 0.717) is 18.7 Å². The zero-order valence-electron chi connectivity index (χ0n) is 12.3. The molecular formula is C18H19FN2O. The molecule has 1 aliphatic rings. The monoisotopic (exact) mass is 298 g/mol. The molecule has 1 N–H and O–H groups in total. The van der Waals surface area contributed by atoms with Gasteiger partial charge in [-0.1, -0.05) is 48.5 Å². The maximum absolute atomic E-state index is 13.8. The Morgan fingerprint density at radius 2 is 1.77 bits per heavy atom. The molecule has 2 aromatic rings. The van der Waals surface area contributed by atoms with E-state index in [1.807, 2.05) is 30.3 Å². The molecule has 0 radical (unpaired) electrons. The van der Waals surface area contributed by atoms with Gasteiger partial charge in [-0.3, -0.25) is 0 Å². The summed E-state index contributed by atoms with van der Waals surface area (Å²) in [5.41, 5.74) is 1.61. The fourth-order valence-corrected chi connectivity index (χ4v) is 2.44. The van der Waals surface area contributed by atoms with Crippen LogP contribution in [0.15, 0.2) is 54.6 Å². The summed E-state index contributed by atoms with van der Waals surface area (Å²) in [5.74, 6) is -0.260. The number of nitrogens with zero attached hydrogens (tertiary/aromatic N) is 1. The van der Waals surface area contributed by atoms with Crippen molar-refractivity contribution in [3.63, 3.8) is 0 Å². The Bertz CT molecular complexity index is 641. The molecular weight excluding hydrogens is 279 g/mol. The molecule has 0 atom stereocenters. The standard InChI is InChI=1S/C18H19FN2O/c19-17-9-5-4-8-15(17)13-21(16-10-11-16)18(22)20-12-14-6-2-1-3-7-14/h1-9,16H,10-13H2,(H,20,22). The maximum Gasteiger partial charge on any atom is 0.318 e. The van der Waals surface area contributed by atoms with Crippen LogP contribution < -0.4 is 5.32 Å². The molecule has 0 heterocycles. The van der Waals surface area contributed by atoms with Crippen molar-refractivity contribution in [3.05, 3.63) is 71.5 Å². The number of rotatable bonds is 5. The minimum Gasteiger partial charge on any atom is -0.334 e. The van der Waals surface area contributed by atoms with Gasteiger partial charge >= 0.3 is 6.03 Å². The van der Waals surface area contributed by atoms with Crippen molar-refractivity contribution in [1.82, 2.24) is 10.2 Å². The van der Waals surface area contributed by atoms with Gasteiger partial charge in [-0.25, -0.2) is 9.18 Å². The molecule has 114 valence electrons. The van der Waals surface area contributed by atoms with E-state index in [4.69, 9.17) is 0 Å². The van der Waals surface area contributed by atoms with Crippen LogP contribution in [0.25, 0.3) is 0 Å². The predicted octanol–water partition coefficient (Wildman–Crippen LogP) is 3.70. The highest BCUT2D eigenvalue weighted by Gasteiger charge is 2.32. The SMILES string of the molecule is O=C(NCc1ccccc1)N(Cc1ccccc1F)C1CC1. The van der Waals surface area contributed by atoms with Crippen molar-refractivity contribution in [1.29, 1.82) is 0 Å². The minimum absolute atomic E-state index is 0.130. The van der Waals surface area contributed by atoms with E-state index in [1.165, 1.54) is 6.07 Å². The molecule has 0 aromatic heterocycles. The number of benzene rings is 2. The van der Waals surface area contributed by atoms with Crippen LogP contribution in [0, 0.1) is 5.82 Å². The Morgan fingerprint density at radius 3 is 2.45 bits per heavy atom. The fourth-order valence-electron chi connectivity index (χ4n) is 2.44. The first-order chi connectivity index (χ1) is 10.7. The van der Waals surface area contributed by atoms with Crippen molar-refractivity contribution >= 4 is 6.03 Å². The van der Waals surface area contributed by atoms with Crippen LogP contribution in [-0.2, 0) is 13.1 Å². The van der Waals surface area contributed by atoms with E-state index in [1.54, 1.807) is 23.1 Å². The lowest BCUT2D eigenvalue weighted by Gasteiger charge is -2.23. The Kier molecular flexibility index (Phi) is 4.37. The second-order valence-corrected chi connectivity index (χ2v) is 5.59. The number of amides is 2. The summed E-state index contributed by atoms with van der Waals surface area (Å²) in [6, 6.07) is 16.5. The number of hydrogen-bond donors (Lipinski definition) is 1. The molecule has 0 bridgehead atoms. The van der Waals surface area contributed by atoms with Crippen molar-refractivity contribution in [3.8, 4) is 0 Å². The molecule has 3 rings (SSSR count). The highest BCUT2D eigenvalue weighted by Crippen LogP contribution is 2.28. The highest BCUT2D eigenvalue weighted by molar-refractivity contribution is 5.75. The van der Waals surface area contributed by atoms with Crippen LogP contribution in [0.5, 0.6) is 0 Å². The third-order valence-corrected chi connectivity index (χ3v) is 3.83. The first kappa shape index (κ1) is 14.6. The molecule has 3 nitrogen and oxygen atoms in total. The van der Waals surface area contributed by atoms with Crippen LogP contribution in [0.4, 0.5) is 9.18 Å². The number of carbonyl (C=O) groups is 1. The average molecular weight is 298 g/mol. The molecule has 0 saturated heterocycles. The van der Waals surface area contributed by atoms with E-state index in [2.05, 4.69) is 5.32 Å². The first-order valence-electron chi connectivity index (χ1n) is 7.56. The van der Waals surface area contributed by atoms with Crippen LogP contribution in [-0.4, -0.2) is 17.0 Å². The van der Waals surface area contributed by atoms with E-state index in [-0.39, 0.29) is 17.9 Å². The van der Waals surface area contributed by atoms with Crippen molar-refractivity contribution in [2.45, 2.75) is 32.0 Å². The summed E-state index contributed by atoms with van der Waals surface area (Å²) in [6.07, 6.45) is 1.99. The lowest BCUT2D eigenvalue weighted by atomic mass is 10.2. The molecule has 4 heteroatoms. The molecule has 0 aliphatic heterocycles. The Hall–Kier alpha value is -2.36. The second-order valence-electron chi connectivity index (χ2n) is 5.59. The number of hydrogen-bond acceptors (Lipinski definition) is 1. The summed E-state index contributed by atoms with van der Waals surface area (Å²) >= 11 is 0. The summed E-state index contributed by atoms with van der Waals surface area (Å²) in [7, 11) is 0. The fraction of sp³-hybridized carbons (Fsp3) is 0.278. The second kappa shape index (κ2) is 6.60. The quantitative estimate of drug-likeness (QED) is 0.897. The molecule has 1 fully saturated rings. The smallest absolute Gasteiger partial charge is 0.318 e. The average Bonchev–Trinajstić information content (AvgIpc) is 3.37. The van der Waals surface area contributed by atoms with Gasteiger partial charge in [0.2, 0.25) is 0 Å². The lowest BCUT2D eigenvalue weighted by molar-refractivity contribution is 0.191. The van der Waals surface area contributed by atoms with Crippen molar-refractivity contribution in [2.75, 3.05) is 0 Å². The van der Waals surface area contributed by atoms with Gasteiger partial charge in [0, 0.05) is 18.2 Å². The van der Waals surface area contributed by atoms with Gasteiger partial charge in [-0.2, -0.15) is 0 Å². The molecule has 0 spiro atoms. The molecule has 22 heavy (non-hydrogen) atoms. The van der Waals surface area contributed by atoms with Gasteiger partial charge in [-0.05, 0) is 24.5 Å². The van der Waals surface area contributed by atoms with Gasteiger partial charge < -0.3 is 10.2 Å². The topological polar surface area (TPSA) is 32.3 Å². The van der Waals surface area contributed by atoms with E-state index >= 15 is 0 Å². The van der Waals surface area contributed by atoms with Gasteiger partial charge in [0.05, 0.1) is 6.54 Å². The maximum atomic E-state index is 13.8. The lowest BCUT2D eigenvalue weighted by Crippen LogP contribution is -2.40. The van der Waals surface area contributed by atoms with Gasteiger partial charge in [0.15, 0.2) is 0 Å². The molecule has 1 saturated carbocycles. The summed E-state index contributed by atoms with van der Waals surface area (Å²) in [5, 5.41) is 2.92. The Morgan fingerprint density at radius 1 is 1.09 bits per heavy atom. The van der Waals surface area contributed by atoms with Crippen molar-refractivity contribution in [2.24, 2.45) is 0 Å². The third kappa shape index (κ3) is 3.64. The zero-order valence-corrected chi connectivity index (χ0v) is 12.3. The zero-order chi connectivity index (χ0) is 15.4. The first-order valence-corrected chi connectivity index (χ1v) is 7.56. The van der Waals surface area contributed by atoms with Crippen LogP contribution in [0.3, 0.4) is 0 Å². The van der Waals surface area contributed by atoms with E-state index in [0.717, 1.165) is 18.4 Å². The third-order valence-electron chi connectivity index (χ3n) is 3.83. The molecule has 2 aromatic carbocycles. The molecule has 2 amide bonds. The van der Waals surface area contributed by atoms with Gasteiger partial charge in [0.1, 0.15) is 5.82 Å². The number of nitrogens with one attached hydrogen (secondary N) is 1. The highest BCUT2D eigenvalue weighted by atomic mass is 19.1. The van der Waals surface area contributed by atoms with Crippen LogP contribution >= 0.6 is 0 Å². The summed E-state index contributed by atoms with van der Waals surface area (Å²) < 4.78 is 13.8. The van der Waals surface area contributed by atoms with Crippen LogP contribution in [0.1, 0.15) is 24.0 Å². The Balaban J connectivity index is 1.64. The normalized spacial score (nSPS) is 13.7. The Labute approximate surface area is 129 Å². The predicted molar refractivity (Wildman–Crippen MR) is 83.6 cm³/mol. The number of urea groups is 1. The van der Waals surface area contributed by atoms with Gasteiger partial charge in [0.25, 0.3) is 0 Å². The minimum atomic E-state index is -0.260. The number of halogens is 1. The van der Waals surface area contributed by atoms with Crippen LogP contribution in [0.2, 0.25) is 0 Å². The molecule has 0 unspecified atom stereocenters. The molecule has 1 aliphatic carbocycles. The van der Waals surface area contributed by atoms with E-state index in [9.17, 15) is 9.18 Å². The summed E-state index contributed by atoms with van der Waals surface area (Å²) in [6.45, 7) is 0.804. The largest absolute Gasteiger partial charge is 0.334 e. The summed E-state index contributed by atoms with van der Waals surface area (Å²) in [4.78, 5) is 14.1. The van der Waals surface area contributed by atoms with Crippen molar-refractivity contribution < 1.29 is 9.18 Å².